The van der Waals surface area contributed by atoms with E-state index in [1.165, 1.54) is 11.1 Å². The molecule has 3 heteroatoms. The van der Waals surface area contributed by atoms with Crippen LogP contribution >= 0.6 is 0 Å². The molecule has 1 heterocycles. The Morgan fingerprint density at radius 1 is 0.900 bits per heavy atom. The first kappa shape index (κ1) is 20.0. The summed E-state index contributed by atoms with van der Waals surface area (Å²) in [6, 6.07) is 24.4. The minimum Gasteiger partial charge on any atom is -0.494 e. The van der Waals surface area contributed by atoms with Gasteiger partial charge in [0.25, 0.3) is 0 Å². The van der Waals surface area contributed by atoms with E-state index in [9.17, 15) is 4.79 Å². The first-order chi connectivity index (χ1) is 14.6. The zero-order valence-corrected chi connectivity index (χ0v) is 17.8. The van der Waals surface area contributed by atoms with Crippen molar-refractivity contribution in [1.82, 2.24) is 4.57 Å². The third-order valence-electron chi connectivity index (χ3n) is 5.44. The highest BCUT2D eigenvalue weighted by molar-refractivity contribution is 6.02. The van der Waals surface area contributed by atoms with E-state index in [0.29, 0.717) is 18.9 Å². The van der Waals surface area contributed by atoms with Crippen molar-refractivity contribution < 1.29 is 9.53 Å². The van der Waals surface area contributed by atoms with Crippen molar-refractivity contribution in [2.75, 3.05) is 6.61 Å². The number of hydrogen-bond donors (Lipinski definition) is 0. The van der Waals surface area contributed by atoms with Gasteiger partial charge in [0.15, 0.2) is 0 Å². The van der Waals surface area contributed by atoms with Crippen LogP contribution in [0.2, 0.25) is 0 Å². The fourth-order valence-corrected chi connectivity index (χ4v) is 3.98. The molecule has 152 valence electrons. The summed E-state index contributed by atoms with van der Waals surface area (Å²) in [4.78, 5) is 13.2. The van der Waals surface area contributed by atoms with Crippen molar-refractivity contribution in [3.05, 3.63) is 90.1 Å². The molecule has 0 aliphatic carbocycles. The second-order valence-corrected chi connectivity index (χ2v) is 7.82. The summed E-state index contributed by atoms with van der Waals surface area (Å²) in [5.74, 6) is 1.29. The molecular formula is C27H27NO2. The lowest BCUT2D eigenvalue weighted by atomic mass is 9.92. The number of benzene rings is 3. The molecule has 0 saturated heterocycles. The second-order valence-electron chi connectivity index (χ2n) is 7.82. The lowest BCUT2D eigenvalue weighted by molar-refractivity contribution is 0.0919. The first-order valence-corrected chi connectivity index (χ1v) is 10.5. The Morgan fingerprint density at radius 3 is 2.33 bits per heavy atom. The number of nitrogens with zero attached hydrogens (tertiary/aromatic N) is 1. The lowest BCUT2D eigenvalue weighted by Crippen LogP contribution is -2.12. The van der Waals surface area contributed by atoms with Crippen molar-refractivity contribution in [1.29, 1.82) is 0 Å². The molecule has 0 atom stereocenters. The number of ether oxygens (including phenoxy) is 1. The van der Waals surface area contributed by atoms with E-state index in [0.717, 1.165) is 27.8 Å². The molecule has 0 radical (unpaired) electrons. The van der Waals surface area contributed by atoms with Gasteiger partial charge in [0.05, 0.1) is 18.5 Å². The van der Waals surface area contributed by atoms with Gasteiger partial charge < -0.3 is 4.74 Å². The molecule has 4 aromatic rings. The number of para-hydroxylation sites is 1. The van der Waals surface area contributed by atoms with Gasteiger partial charge in [-0.15, -0.1) is 0 Å². The minimum atomic E-state index is 0.0589. The highest BCUT2D eigenvalue weighted by Crippen LogP contribution is 2.35. The molecule has 0 bridgehead atoms. The van der Waals surface area contributed by atoms with Gasteiger partial charge >= 0.3 is 0 Å². The van der Waals surface area contributed by atoms with Crippen molar-refractivity contribution in [2.45, 2.75) is 33.1 Å². The van der Waals surface area contributed by atoms with Crippen LogP contribution in [0.4, 0.5) is 0 Å². The van der Waals surface area contributed by atoms with Gasteiger partial charge in [0.1, 0.15) is 5.75 Å². The Kier molecular flexibility index (Phi) is 5.71. The molecule has 4 rings (SSSR count). The van der Waals surface area contributed by atoms with Crippen LogP contribution < -0.4 is 4.74 Å². The number of rotatable bonds is 6. The van der Waals surface area contributed by atoms with Crippen LogP contribution in [0, 0.1) is 0 Å². The van der Waals surface area contributed by atoms with E-state index in [1.807, 2.05) is 55.6 Å². The monoisotopic (exact) mass is 397 g/mol. The van der Waals surface area contributed by atoms with Crippen molar-refractivity contribution in [3.63, 3.8) is 0 Å². The first-order valence-electron chi connectivity index (χ1n) is 10.5. The van der Waals surface area contributed by atoms with Crippen LogP contribution in [-0.4, -0.2) is 17.1 Å². The molecule has 0 aliphatic heterocycles. The fraction of sp³-hybridized carbons (Fsp3) is 0.222. The van der Waals surface area contributed by atoms with Crippen LogP contribution in [0.3, 0.4) is 0 Å². The normalized spacial score (nSPS) is 11.2. The zero-order valence-electron chi connectivity index (χ0n) is 17.8. The van der Waals surface area contributed by atoms with E-state index in [-0.39, 0.29) is 5.91 Å². The predicted octanol–water partition coefficient (Wildman–Crippen LogP) is 6.71. The largest absolute Gasteiger partial charge is 0.494 e. The van der Waals surface area contributed by atoms with Gasteiger partial charge in [-0.3, -0.25) is 9.36 Å². The summed E-state index contributed by atoms with van der Waals surface area (Å²) in [7, 11) is 0. The van der Waals surface area contributed by atoms with Crippen LogP contribution in [0.5, 0.6) is 5.75 Å². The summed E-state index contributed by atoms with van der Waals surface area (Å²) in [6.45, 7) is 7.00. The molecule has 0 amide bonds. The van der Waals surface area contributed by atoms with E-state index in [1.54, 1.807) is 4.57 Å². The van der Waals surface area contributed by atoms with Crippen LogP contribution in [0.1, 0.15) is 42.6 Å². The molecule has 1 aromatic heterocycles. The maximum Gasteiger partial charge on any atom is 0.235 e. The summed E-state index contributed by atoms with van der Waals surface area (Å²) in [5, 5.41) is 1.10. The minimum absolute atomic E-state index is 0.0589. The third kappa shape index (κ3) is 3.88. The summed E-state index contributed by atoms with van der Waals surface area (Å²) >= 11 is 0. The SMILES string of the molecule is CCOc1ccc(CC(=O)n2cc(-c3ccccc3C(C)C)c3ccccc32)cc1. The van der Waals surface area contributed by atoms with E-state index >= 15 is 0 Å². The molecule has 3 nitrogen and oxygen atoms in total. The molecule has 3 aromatic carbocycles. The highest BCUT2D eigenvalue weighted by atomic mass is 16.5. The Morgan fingerprint density at radius 2 is 1.60 bits per heavy atom. The number of fused-ring (bicyclic) bond motifs is 1. The zero-order chi connectivity index (χ0) is 21.1. The van der Waals surface area contributed by atoms with E-state index in [4.69, 9.17) is 4.74 Å². The third-order valence-corrected chi connectivity index (χ3v) is 5.44. The summed E-state index contributed by atoms with van der Waals surface area (Å²) < 4.78 is 7.30. The van der Waals surface area contributed by atoms with Crippen molar-refractivity contribution in [3.8, 4) is 16.9 Å². The number of aromatic nitrogens is 1. The van der Waals surface area contributed by atoms with Crippen molar-refractivity contribution in [2.24, 2.45) is 0 Å². The van der Waals surface area contributed by atoms with Gasteiger partial charge in [-0.2, -0.15) is 0 Å². The Bertz CT molecular complexity index is 1170. The van der Waals surface area contributed by atoms with E-state index < -0.39 is 0 Å². The van der Waals surface area contributed by atoms with Gasteiger partial charge in [-0.05, 0) is 47.7 Å². The Balaban J connectivity index is 1.73. The lowest BCUT2D eigenvalue weighted by Gasteiger charge is -2.11. The molecule has 0 unspecified atom stereocenters. The Labute approximate surface area is 177 Å². The highest BCUT2D eigenvalue weighted by Gasteiger charge is 2.17. The predicted molar refractivity (Wildman–Crippen MR) is 123 cm³/mol. The molecule has 0 aliphatic rings. The van der Waals surface area contributed by atoms with Crippen LogP contribution in [0.15, 0.2) is 79.0 Å². The molecule has 0 saturated carbocycles. The average molecular weight is 398 g/mol. The molecular weight excluding hydrogens is 370 g/mol. The number of carbonyl (C=O) groups excluding carboxylic acids is 1. The number of carbonyl (C=O) groups is 1. The van der Waals surface area contributed by atoms with Crippen LogP contribution in [0.25, 0.3) is 22.0 Å². The Hall–Kier alpha value is -3.33. The average Bonchev–Trinajstić information content (AvgIpc) is 3.15. The van der Waals surface area contributed by atoms with Gasteiger partial charge in [-0.25, -0.2) is 0 Å². The summed E-state index contributed by atoms with van der Waals surface area (Å²) in [6.07, 6.45) is 2.35. The van der Waals surface area contributed by atoms with Crippen molar-refractivity contribution >= 4 is 16.8 Å². The smallest absolute Gasteiger partial charge is 0.235 e. The summed E-state index contributed by atoms with van der Waals surface area (Å²) in [5.41, 5.74) is 5.51. The number of hydrogen-bond acceptors (Lipinski definition) is 2. The maximum absolute atomic E-state index is 13.2. The quantitative estimate of drug-likeness (QED) is 0.362. The molecule has 0 spiro atoms. The standard InChI is InChI=1S/C27H27NO2/c1-4-30-21-15-13-20(14-16-21)17-27(29)28-18-25(24-11-7-8-12-26(24)28)23-10-6-5-9-22(23)19(2)3/h5-16,18-19H,4,17H2,1-3H3. The van der Waals surface area contributed by atoms with Gasteiger partial charge in [0.2, 0.25) is 5.91 Å². The second kappa shape index (κ2) is 8.58. The molecule has 0 fully saturated rings. The van der Waals surface area contributed by atoms with E-state index in [2.05, 4.69) is 44.2 Å². The topological polar surface area (TPSA) is 31.2 Å². The molecule has 30 heavy (non-hydrogen) atoms. The fourth-order valence-electron chi connectivity index (χ4n) is 3.98. The van der Waals surface area contributed by atoms with Gasteiger partial charge in [0, 0.05) is 17.1 Å². The molecule has 0 N–H and O–H groups in total. The maximum atomic E-state index is 13.2. The van der Waals surface area contributed by atoms with Crippen LogP contribution in [-0.2, 0) is 6.42 Å². The van der Waals surface area contributed by atoms with Gasteiger partial charge in [-0.1, -0.05) is 68.4 Å².